The van der Waals surface area contributed by atoms with Crippen LogP contribution in [-0.4, -0.2) is 16.3 Å². The summed E-state index contributed by atoms with van der Waals surface area (Å²) in [6, 6.07) is 0. The molecule has 1 aromatic rings. The first-order valence-corrected chi connectivity index (χ1v) is 4.73. The average molecular weight is 179 g/mol. The van der Waals surface area contributed by atoms with Crippen molar-refractivity contribution < 1.29 is 0 Å². The second-order valence-corrected chi connectivity index (χ2v) is 3.04. The molecule has 0 saturated heterocycles. The van der Waals surface area contributed by atoms with E-state index in [1.165, 1.54) is 18.4 Å². The van der Waals surface area contributed by atoms with Crippen LogP contribution in [0.25, 0.3) is 6.20 Å². The van der Waals surface area contributed by atoms with Gasteiger partial charge in [0.1, 0.15) is 0 Å². The van der Waals surface area contributed by atoms with E-state index in [4.69, 9.17) is 0 Å². The molecule has 3 heteroatoms. The van der Waals surface area contributed by atoms with Gasteiger partial charge in [0.15, 0.2) is 0 Å². The van der Waals surface area contributed by atoms with Crippen molar-refractivity contribution in [3.8, 4) is 0 Å². The highest BCUT2D eigenvalue weighted by Crippen LogP contribution is 1.97. The van der Waals surface area contributed by atoms with Crippen molar-refractivity contribution in [2.24, 2.45) is 0 Å². The standard InChI is InChI=1S/C10H17N3/c1-3-5-6-11-7-10-8-12-13(4-2)9-10/h4,8-9,11H,2-3,5-7H2,1H3. The first kappa shape index (κ1) is 9.99. The summed E-state index contributed by atoms with van der Waals surface area (Å²) >= 11 is 0. The fraction of sp³-hybridized carbons (Fsp3) is 0.500. The van der Waals surface area contributed by atoms with E-state index in [0.29, 0.717) is 0 Å². The summed E-state index contributed by atoms with van der Waals surface area (Å²) in [5, 5.41) is 7.44. The van der Waals surface area contributed by atoms with Gasteiger partial charge in [0.2, 0.25) is 0 Å². The van der Waals surface area contributed by atoms with Gasteiger partial charge >= 0.3 is 0 Å². The second-order valence-electron chi connectivity index (χ2n) is 3.04. The highest BCUT2D eigenvalue weighted by Gasteiger charge is 1.94. The van der Waals surface area contributed by atoms with Crippen molar-refractivity contribution in [2.75, 3.05) is 6.54 Å². The normalized spacial score (nSPS) is 10.2. The van der Waals surface area contributed by atoms with Crippen LogP contribution in [0, 0.1) is 0 Å². The quantitative estimate of drug-likeness (QED) is 0.676. The Morgan fingerprint density at radius 3 is 3.15 bits per heavy atom. The molecule has 3 nitrogen and oxygen atoms in total. The molecule has 1 aromatic heterocycles. The van der Waals surface area contributed by atoms with Crippen LogP contribution < -0.4 is 5.32 Å². The third-order valence-electron chi connectivity index (χ3n) is 1.88. The molecule has 13 heavy (non-hydrogen) atoms. The monoisotopic (exact) mass is 179 g/mol. The largest absolute Gasteiger partial charge is 0.313 e. The number of hydrogen-bond acceptors (Lipinski definition) is 2. The van der Waals surface area contributed by atoms with Gasteiger partial charge < -0.3 is 5.32 Å². The van der Waals surface area contributed by atoms with E-state index in [2.05, 4.69) is 23.9 Å². The molecule has 0 atom stereocenters. The molecule has 72 valence electrons. The minimum absolute atomic E-state index is 0.897. The lowest BCUT2D eigenvalue weighted by Gasteiger charge is -1.99. The van der Waals surface area contributed by atoms with Crippen LogP contribution in [0.2, 0.25) is 0 Å². The van der Waals surface area contributed by atoms with Gasteiger partial charge in [-0.1, -0.05) is 19.9 Å². The molecule has 0 aliphatic rings. The smallest absolute Gasteiger partial charge is 0.0538 e. The predicted molar refractivity (Wildman–Crippen MR) is 55.2 cm³/mol. The first-order valence-electron chi connectivity index (χ1n) is 4.73. The summed E-state index contributed by atoms with van der Waals surface area (Å²) in [6.07, 6.45) is 8.00. The van der Waals surface area contributed by atoms with E-state index in [9.17, 15) is 0 Å². The fourth-order valence-electron chi connectivity index (χ4n) is 1.10. The number of aromatic nitrogens is 2. The van der Waals surface area contributed by atoms with Gasteiger partial charge in [-0.25, -0.2) is 4.68 Å². The maximum atomic E-state index is 4.09. The van der Waals surface area contributed by atoms with Gasteiger partial charge in [-0.2, -0.15) is 5.10 Å². The highest BCUT2D eigenvalue weighted by atomic mass is 15.2. The van der Waals surface area contributed by atoms with Gasteiger partial charge in [0.25, 0.3) is 0 Å². The molecule has 0 radical (unpaired) electrons. The molecule has 0 spiro atoms. The minimum atomic E-state index is 0.897. The number of rotatable bonds is 6. The van der Waals surface area contributed by atoms with E-state index < -0.39 is 0 Å². The maximum Gasteiger partial charge on any atom is 0.0538 e. The van der Waals surface area contributed by atoms with Crippen molar-refractivity contribution in [2.45, 2.75) is 26.3 Å². The van der Waals surface area contributed by atoms with Crippen LogP contribution in [0.5, 0.6) is 0 Å². The van der Waals surface area contributed by atoms with Gasteiger partial charge in [-0.15, -0.1) is 0 Å². The van der Waals surface area contributed by atoms with Crippen LogP contribution in [0.1, 0.15) is 25.3 Å². The number of nitrogens with zero attached hydrogens (tertiary/aromatic N) is 2. The lowest BCUT2D eigenvalue weighted by atomic mass is 10.3. The van der Waals surface area contributed by atoms with Gasteiger partial charge in [0, 0.05) is 24.5 Å². The lowest BCUT2D eigenvalue weighted by Crippen LogP contribution is -2.13. The molecule has 0 unspecified atom stereocenters. The Hall–Kier alpha value is -1.09. The second kappa shape index (κ2) is 5.54. The van der Waals surface area contributed by atoms with E-state index >= 15 is 0 Å². The summed E-state index contributed by atoms with van der Waals surface area (Å²) < 4.78 is 1.72. The topological polar surface area (TPSA) is 29.9 Å². The zero-order chi connectivity index (χ0) is 9.52. The SMILES string of the molecule is C=Cn1cc(CNCCCC)cn1. The van der Waals surface area contributed by atoms with Gasteiger partial charge in [-0.05, 0) is 13.0 Å². The number of hydrogen-bond donors (Lipinski definition) is 1. The molecule has 0 saturated carbocycles. The summed E-state index contributed by atoms with van der Waals surface area (Å²) in [4.78, 5) is 0. The number of nitrogens with one attached hydrogen (secondary N) is 1. The van der Waals surface area contributed by atoms with E-state index in [1.54, 1.807) is 10.9 Å². The van der Waals surface area contributed by atoms with Crippen molar-refractivity contribution in [3.05, 3.63) is 24.5 Å². The van der Waals surface area contributed by atoms with Gasteiger partial charge in [-0.3, -0.25) is 0 Å². The molecular formula is C10H17N3. The molecule has 0 aliphatic heterocycles. The zero-order valence-electron chi connectivity index (χ0n) is 8.16. The van der Waals surface area contributed by atoms with E-state index in [1.807, 2.05) is 12.4 Å². The molecule has 0 aromatic carbocycles. The predicted octanol–water partition coefficient (Wildman–Crippen LogP) is 1.87. The Balaban J connectivity index is 2.24. The summed E-state index contributed by atoms with van der Waals surface area (Å²) in [6.45, 7) is 7.80. The molecule has 1 N–H and O–H groups in total. The Kier molecular flexibility index (Phi) is 4.26. The Morgan fingerprint density at radius 2 is 2.54 bits per heavy atom. The molecule has 0 aliphatic carbocycles. The molecule has 0 amide bonds. The van der Waals surface area contributed by atoms with Crippen molar-refractivity contribution >= 4 is 6.20 Å². The molecule has 1 heterocycles. The third kappa shape index (κ3) is 3.42. The van der Waals surface area contributed by atoms with Crippen LogP contribution >= 0.6 is 0 Å². The summed E-state index contributed by atoms with van der Waals surface area (Å²) in [5.74, 6) is 0. The third-order valence-corrected chi connectivity index (χ3v) is 1.88. The van der Waals surface area contributed by atoms with Crippen LogP contribution in [0.4, 0.5) is 0 Å². The van der Waals surface area contributed by atoms with Crippen LogP contribution in [0.3, 0.4) is 0 Å². The Morgan fingerprint density at radius 1 is 1.69 bits per heavy atom. The maximum absolute atomic E-state index is 4.09. The fourth-order valence-corrected chi connectivity index (χ4v) is 1.10. The van der Waals surface area contributed by atoms with E-state index in [-0.39, 0.29) is 0 Å². The lowest BCUT2D eigenvalue weighted by molar-refractivity contribution is 0.641. The highest BCUT2D eigenvalue weighted by molar-refractivity contribution is 5.17. The summed E-state index contributed by atoms with van der Waals surface area (Å²) in [5.41, 5.74) is 1.20. The van der Waals surface area contributed by atoms with E-state index in [0.717, 1.165) is 13.1 Å². The average Bonchev–Trinajstić information content (AvgIpc) is 2.60. The molecule has 0 fully saturated rings. The van der Waals surface area contributed by atoms with Crippen molar-refractivity contribution in [1.82, 2.24) is 15.1 Å². The van der Waals surface area contributed by atoms with Crippen molar-refractivity contribution in [1.29, 1.82) is 0 Å². The molecule has 1 rings (SSSR count). The zero-order valence-corrected chi connectivity index (χ0v) is 8.16. The first-order chi connectivity index (χ1) is 6.36. The van der Waals surface area contributed by atoms with Gasteiger partial charge in [0.05, 0.1) is 6.20 Å². The molecular weight excluding hydrogens is 162 g/mol. The van der Waals surface area contributed by atoms with Crippen LogP contribution in [-0.2, 0) is 6.54 Å². The molecule has 0 bridgehead atoms. The number of unbranched alkanes of at least 4 members (excludes halogenated alkanes) is 1. The van der Waals surface area contributed by atoms with Crippen LogP contribution in [0.15, 0.2) is 19.0 Å². The van der Waals surface area contributed by atoms with Crippen molar-refractivity contribution in [3.63, 3.8) is 0 Å². The Bertz CT molecular complexity index is 252. The Labute approximate surface area is 79.5 Å². The minimum Gasteiger partial charge on any atom is -0.313 e. The summed E-state index contributed by atoms with van der Waals surface area (Å²) in [7, 11) is 0.